The first-order valence-electron chi connectivity index (χ1n) is 25.3. The molecule has 88 heavy (non-hydrogen) atoms. The molecule has 0 spiro atoms. The van der Waals surface area contributed by atoms with E-state index in [9.17, 15) is 52.7 Å². The molecular weight excluding hydrogens is 1300 g/mol. The number of hydrogen-bond acceptors (Lipinski definition) is 9. The number of hydrogen-bond donors (Lipinski definition) is 0. The molecule has 0 aliphatic rings. The van der Waals surface area contributed by atoms with Crippen LogP contribution >= 0.6 is 0 Å². The molecule has 0 N–H and O–H groups in total. The zero-order chi connectivity index (χ0) is 64.7. The number of benzene rings is 7. The summed E-state index contributed by atoms with van der Waals surface area (Å²) in [4.78, 5) is 0. The standard InChI is InChI=1S/C33H45O9Se.C24BF20/c1-34-16-19-37-22-25-40-28-10-4-7-13-31(28)43(32-14-8-5-11-29(32)41-26-23-38-20-17-35-2)33-15-9-6-12-30(33)42-27-24-39-21-18-36-3;26-5-1(6(27)14(35)21(42)13(5)34)25(2-7(28)15(36)22(43)16(37)8(2)29,3-9(30)17(38)23(44)18(39)10(3)31)4-11(32)19(40)24(45)20(41)12(4)33/h4-15H,16-27H2,1-3H3;/q+1;-1. The second kappa shape index (κ2) is 31.9. The zero-order valence-electron chi connectivity index (χ0n) is 45.6. The van der Waals surface area contributed by atoms with E-state index in [1.165, 1.54) is 0 Å². The van der Waals surface area contributed by atoms with Crippen molar-refractivity contribution in [2.24, 2.45) is 0 Å². The van der Waals surface area contributed by atoms with Crippen LogP contribution in [0.3, 0.4) is 0 Å². The molecule has 9 nitrogen and oxygen atoms in total. The van der Waals surface area contributed by atoms with Crippen LogP contribution in [0, 0.1) is 116 Å². The third-order valence-electron chi connectivity index (χ3n) is 12.7. The van der Waals surface area contributed by atoms with Crippen molar-refractivity contribution >= 4 is 55.3 Å². The maximum atomic E-state index is 15.4. The molecular formula is C57H45BF20O9Se. The molecule has 0 saturated heterocycles. The van der Waals surface area contributed by atoms with Gasteiger partial charge in [-0.1, -0.05) is 0 Å². The van der Waals surface area contributed by atoms with Crippen molar-refractivity contribution in [3.63, 3.8) is 0 Å². The van der Waals surface area contributed by atoms with Gasteiger partial charge >= 0.3 is 261 Å². The Balaban J connectivity index is 0.000000281. The van der Waals surface area contributed by atoms with Gasteiger partial charge in [-0.2, -0.15) is 0 Å². The molecule has 0 unspecified atom stereocenters. The van der Waals surface area contributed by atoms with Crippen LogP contribution in [0.2, 0.25) is 0 Å². The Hall–Kier alpha value is -7.12. The molecule has 0 radical (unpaired) electrons. The van der Waals surface area contributed by atoms with Gasteiger partial charge in [-0.05, 0) is 0 Å². The largest absolute Gasteiger partial charge is 0.207 e. The van der Waals surface area contributed by atoms with Crippen LogP contribution < -0.4 is 49.4 Å². The zero-order valence-corrected chi connectivity index (χ0v) is 47.3. The molecule has 7 aromatic rings. The molecule has 7 aromatic carbocycles. The fourth-order valence-corrected chi connectivity index (χ4v) is 13.7. The molecule has 0 aliphatic heterocycles. The summed E-state index contributed by atoms with van der Waals surface area (Å²) in [6.45, 7) is 5.89. The molecule has 0 saturated carbocycles. The van der Waals surface area contributed by atoms with Crippen molar-refractivity contribution in [1.82, 2.24) is 0 Å². The van der Waals surface area contributed by atoms with Crippen LogP contribution in [0.15, 0.2) is 72.8 Å². The van der Waals surface area contributed by atoms with Gasteiger partial charge in [0.15, 0.2) is 69.8 Å². The average molecular weight is 1340 g/mol. The first-order chi connectivity index (χ1) is 42.0. The molecule has 0 bridgehead atoms. The Morgan fingerprint density at radius 2 is 0.432 bits per heavy atom. The predicted octanol–water partition coefficient (Wildman–Crippen LogP) is 8.17. The monoisotopic (exact) mass is 1340 g/mol. The SMILES string of the molecule is COCCOCCOc1ccccc1[Se+](c1ccccc1OCCOCCOC)c1ccccc1OCCOCCOC.Fc1c(F)c(F)c([B-](c2c(F)c(F)c(F)c(F)c2F)(c2c(F)c(F)c(F)c(F)c2F)c2c(F)c(F)c(F)c(F)c2F)c(F)c1F. The summed E-state index contributed by atoms with van der Waals surface area (Å²) in [6.07, 6.45) is -7.22. The molecule has 7 rings (SSSR count). The Kier molecular flexibility index (Phi) is 25.3. The minimum absolute atomic E-state index is 0.424. The number of halogens is 20. The van der Waals surface area contributed by atoms with Crippen molar-refractivity contribution in [3.05, 3.63) is 189 Å². The van der Waals surface area contributed by atoms with E-state index in [4.69, 9.17) is 42.6 Å². The number of ether oxygens (including phenoxy) is 9. The van der Waals surface area contributed by atoms with E-state index in [-0.39, 0.29) is 0 Å². The van der Waals surface area contributed by atoms with Gasteiger partial charge in [0.1, 0.15) is 52.7 Å². The summed E-state index contributed by atoms with van der Waals surface area (Å²) < 4.78 is 348. The molecule has 0 aromatic heterocycles. The van der Waals surface area contributed by atoms with Crippen LogP contribution in [-0.2, 0) is 28.4 Å². The second-order valence-electron chi connectivity index (χ2n) is 17.8. The molecule has 0 fully saturated rings. The minimum Gasteiger partial charge on any atom is -0.207 e. The summed E-state index contributed by atoms with van der Waals surface area (Å²) in [6, 6.07) is 24.6. The molecule has 0 amide bonds. The van der Waals surface area contributed by atoms with Gasteiger partial charge in [0.05, 0.1) is 0 Å². The number of methoxy groups -OCH3 is 3. The first-order valence-corrected chi connectivity index (χ1v) is 27.9. The molecule has 0 aliphatic carbocycles. The van der Waals surface area contributed by atoms with Crippen molar-refractivity contribution in [1.29, 1.82) is 0 Å². The van der Waals surface area contributed by atoms with Crippen LogP contribution in [0.1, 0.15) is 0 Å². The van der Waals surface area contributed by atoms with Gasteiger partial charge in [-0.3, -0.25) is 0 Å². The maximum absolute atomic E-state index is 15.4. The van der Waals surface area contributed by atoms with Crippen molar-refractivity contribution < 1.29 is 130 Å². The van der Waals surface area contributed by atoms with Gasteiger partial charge in [-0.25, -0.2) is 87.8 Å². The van der Waals surface area contributed by atoms with Crippen molar-refractivity contribution in [2.75, 3.05) is 101 Å². The Morgan fingerprint density at radius 3 is 0.636 bits per heavy atom. The van der Waals surface area contributed by atoms with Gasteiger partial charge in [0, 0.05) is 0 Å². The fraction of sp³-hybridized carbons (Fsp3) is 0.263. The summed E-state index contributed by atoms with van der Waals surface area (Å²) in [5, 5.41) is 0. The Morgan fingerprint density at radius 1 is 0.250 bits per heavy atom. The maximum Gasteiger partial charge on any atom is 0.200 e. The topological polar surface area (TPSA) is 83.1 Å². The molecule has 0 atom stereocenters. The summed E-state index contributed by atoms with van der Waals surface area (Å²) in [7, 11) is 4.98. The van der Waals surface area contributed by atoms with Gasteiger partial charge in [0.25, 0.3) is 0 Å². The number of rotatable bonds is 28. The molecule has 476 valence electrons. The Labute approximate surface area is 491 Å². The molecule has 31 heteroatoms. The normalized spacial score (nSPS) is 11.6. The van der Waals surface area contributed by atoms with E-state index in [1.807, 2.05) is 54.6 Å². The van der Waals surface area contributed by atoms with E-state index < -0.39 is 158 Å². The van der Waals surface area contributed by atoms with Gasteiger partial charge in [-0.15, -0.1) is 21.9 Å². The third-order valence-corrected chi connectivity index (χ3v) is 17.6. The third kappa shape index (κ3) is 14.5. The van der Waals surface area contributed by atoms with Crippen LogP contribution in [0.4, 0.5) is 87.8 Å². The van der Waals surface area contributed by atoms with E-state index in [2.05, 4.69) is 18.2 Å². The summed E-state index contributed by atoms with van der Waals surface area (Å²) in [5.74, 6) is -69.0. The van der Waals surface area contributed by atoms with Crippen molar-refractivity contribution in [3.8, 4) is 17.2 Å². The van der Waals surface area contributed by atoms with E-state index in [0.717, 1.165) is 30.6 Å². The predicted molar refractivity (Wildman–Crippen MR) is 278 cm³/mol. The quantitative estimate of drug-likeness (QED) is 0.0159. The minimum atomic E-state index is -7.22. The van der Waals surface area contributed by atoms with Crippen LogP contribution in [0.25, 0.3) is 0 Å². The van der Waals surface area contributed by atoms with E-state index in [0.29, 0.717) is 79.3 Å². The van der Waals surface area contributed by atoms with Crippen molar-refractivity contribution in [2.45, 2.75) is 0 Å². The van der Waals surface area contributed by atoms with Crippen LogP contribution in [0.5, 0.6) is 17.2 Å². The smallest absolute Gasteiger partial charge is 0.200 e. The van der Waals surface area contributed by atoms with Gasteiger partial charge < -0.3 is 0 Å². The summed E-state index contributed by atoms with van der Waals surface area (Å²) >= 11 is -2.00. The Bertz CT molecular complexity index is 3050. The first kappa shape index (κ1) is 70.0. The second-order valence-corrected chi connectivity index (χ2v) is 21.9. The summed E-state index contributed by atoms with van der Waals surface area (Å²) in [5.41, 5.74) is -14.3. The van der Waals surface area contributed by atoms with E-state index in [1.54, 1.807) is 21.3 Å². The molecule has 0 heterocycles. The van der Waals surface area contributed by atoms with Crippen LogP contribution in [-0.4, -0.2) is 121 Å². The number of para-hydroxylation sites is 3. The fourth-order valence-electron chi connectivity index (χ4n) is 8.81. The average Bonchev–Trinajstić information content (AvgIpc) is 0.703. The van der Waals surface area contributed by atoms with E-state index >= 15 is 35.1 Å². The van der Waals surface area contributed by atoms with Gasteiger partial charge in [0.2, 0.25) is 0 Å².